The summed E-state index contributed by atoms with van der Waals surface area (Å²) in [6.07, 6.45) is -1.89. The fourth-order valence-electron chi connectivity index (χ4n) is 5.18. The summed E-state index contributed by atoms with van der Waals surface area (Å²) in [5.41, 5.74) is 1.23. The molecule has 0 bridgehead atoms. The first-order valence-electron chi connectivity index (χ1n) is 15.9. The van der Waals surface area contributed by atoms with Gasteiger partial charge in [-0.2, -0.15) is 9.88 Å². The van der Waals surface area contributed by atoms with Crippen LogP contribution in [0.5, 0.6) is 0 Å². The molecule has 266 valence electrons. The number of alkyl carbamates (subject to hydrolysis) is 1. The van der Waals surface area contributed by atoms with E-state index in [0.29, 0.717) is 4.90 Å². The number of benzene rings is 2. The largest absolute Gasteiger partial charge is 0.480 e. The van der Waals surface area contributed by atoms with Crippen LogP contribution in [0, 0.1) is 0 Å². The Balaban J connectivity index is 1.38. The number of nitrogens with zero attached hydrogens (tertiary/aromatic N) is 4. The van der Waals surface area contributed by atoms with E-state index in [9.17, 15) is 33.9 Å². The normalized spacial score (nSPS) is 12.3. The highest BCUT2D eigenvalue weighted by molar-refractivity contribution is 6.08. The van der Waals surface area contributed by atoms with Gasteiger partial charge < -0.3 is 29.5 Å². The van der Waals surface area contributed by atoms with Gasteiger partial charge in [0, 0.05) is 25.2 Å². The van der Waals surface area contributed by atoms with E-state index in [1.807, 2.05) is 48.5 Å². The average Bonchev–Trinajstić information content (AvgIpc) is 3.32. The Morgan fingerprint density at radius 1 is 0.860 bits per heavy atom. The number of aliphatic carboxylic acids is 1. The van der Waals surface area contributed by atoms with E-state index in [-0.39, 0.29) is 25.6 Å². The molecule has 0 saturated carbocycles. The van der Waals surface area contributed by atoms with Gasteiger partial charge >= 0.3 is 29.9 Å². The van der Waals surface area contributed by atoms with E-state index < -0.39 is 66.0 Å². The van der Waals surface area contributed by atoms with E-state index in [2.05, 4.69) is 10.3 Å². The molecule has 0 aliphatic heterocycles. The van der Waals surface area contributed by atoms with Gasteiger partial charge in [0.25, 0.3) is 0 Å². The Labute approximate surface area is 288 Å². The number of nitrogens with one attached hydrogen (secondary N) is 1. The molecule has 0 saturated heterocycles. The molecule has 1 aliphatic carbocycles. The molecule has 0 fully saturated rings. The number of aromatic nitrogens is 2. The minimum absolute atomic E-state index is 0.0722. The number of fused-ring (bicyclic) bond motifs is 3. The number of hydrogen-bond acceptors (Lipinski definition) is 10. The molecular formula is C35H41N5O10. The number of rotatable bonds is 10. The highest BCUT2D eigenvalue weighted by Crippen LogP contribution is 2.44. The predicted molar refractivity (Wildman–Crippen MR) is 181 cm³/mol. The molecule has 3 aromatic rings. The lowest BCUT2D eigenvalue weighted by molar-refractivity contribution is -0.144. The lowest BCUT2D eigenvalue weighted by atomic mass is 9.98. The molecule has 0 atom stereocenters. The standard InChI is InChI=1S/C35H41N5O10/c1-34(2,3)49-32(46)40(33(47)50-35(4,5)6)27-15-17-39(30(44)37-27)19-28(41)38(20-29(42)43)18-16-36-31(45)48-21-26-24-13-9-7-11-22(24)23-12-8-10-14-25(23)26/h7-15,17,26H,16,18-21H2,1-6H3,(H,36,45)(H,42,43). The number of amides is 4. The number of carbonyl (C=O) groups is 5. The quantitative estimate of drug-likeness (QED) is 0.288. The summed E-state index contributed by atoms with van der Waals surface area (Å²) in [5, 5.41) is 11.9. The number of anilines is 1. The highest BCUT2D eigenvalue weighted by atomic mass is 16.6. The fraction of sp³-hybridized carbons (Fsp3) is 0.400. The van der Waals surface area contributed by atoms with Crippen LogP contribution in [0.1, 0.15) is 58.6 Å². The lowest BCUT2D eigenvalue weighted by Crippen LogP contribution is -2.46. The zero-order valence-corrected chi connectivity index (χ0v) is 28.8. The summed E-state index contributed by atoms with van der Waals surface area (Å²) >= 11 is 0. The summed E-state index contributed by atoms with van der Waals surface area (Å²) in [7, 11) is 0. The molecule has 50 heavy (non-hydrogen) atoms. The molecule has 0 spiro atoms. The van der Waals surface area contributed by atoms with Gasteiger partial charge in [-0.25, -0.2) is 19.2 Å². The number of imide groups is 1. The third-order valence-electron chi connectivity index (χ3n) is 7.22. The van der Waals surface area contributed by atoms with Crippen LogP contribution in [0.25, 0.3) is 11.1 Å². The van der Waals surface area contributed by atoms with Crippen LogP contribution in [-0.4, -0.2) is 87.2 Å². The van der Waals surface area contributed by atoms with Crippen molar-refractivity contribution < 1.29 is 43.3 Å². The van der Waals surface area contributed by atoms with Crippen molar-refractivity contribution in [2.45, 2.75) is 65.2 Å². The van der Waals surface area contributed by atoms with Crippen LogP contribution < -0.4 is 15.9 Å². The topological polar surface area (TPSA) is 187 Å². The SMILES string of the molecule is CC(C)(C)OC(=O)N(C(=O)OC(C)(C)C)c1ccn(CC(=O)N(CCNC(=O)OCC2c3ccccc3-c3ccccc32)CC(=O)O)c(=O)n1. The van der Waals surface area contributed by atoms with Crippen LogP contribution in [0.4, 0.5) is 20.2 Å². The van der Waals surface area contributed by atoms with Gasteiger partial charge in [0.2, 0.25) is 5.91 Å². The monoisotopic (exact) mass is 691 g/mol. The minimum atomic E-state index is -1.31. The van der Waals surface area contributed by atoms with Gasteiger partial charge in [0.15, 0.2) is 5.82 Å². The van der Waals surface area contributed by atoms with Gasteiger partial charge in [-0.15, -0.1) is 0 Å². The molecule has 1 aliphatic rings. The van der Waals surface area contributed by atoms with Crippen molar-refractivity contribution in [2.75, 3.05) is 31.1 Å². The molecule has 4 rings (SSSR count). The molecule has 2 N–H and O–H groups in total. The van der Waals surface area contributed by atoms with E-state index in [1.54, 1.807) is 41.5 Å². The molecule has 1 heterocycles. The summed E-state index contributed by atoms with van der Waals surface area (Å²) in [5.74, 6) is -2.64. The molecular weight excluding hydrogens is 650 g/mol. The van der Waals surface area contributed by atoms with Crippen molar-refractivity contribution >= 4 is 36.0 Å². The van der Waals surface area contributed by atoms with E-state index in [4.69, 9.17) is 14.2 Å². The third kappa shape index (κ3) is 9.67. The predicted octanol–water partition coefficient (Wildman–Crippen LogP) is 4.37. The summed E-state index contributed by atoms with van der Waals surface area (Å²) < 4.78 is 17.0. The van der Waals surface area contributed by atoms with Crippen molar-refractivity contribution in [2.24, 2.45) is 0 Å². The summed E-state index contributed by atoms with van der Waals surface area (Å²) in [4.78, 5) is 81.2. The zero-order valence-electron chi connectivity index (χ0n) is 28.8. The zero-order chi connectivity index (χ0) is 36.8. The smallest absolute Gasteiger partial charge is 0.425 e. The first-order chi connectivity index (χ1) is 23.4. The van der Waals surface area contributed by atoms with Gasteiger partial charge in [-0.1, -0.05) is 48.5 Å². The van der Waals surface area contributed by atoms with Crippen molar-refractivity contribution in [3.8, 4) is 11.1 Å². The van der Waals surface area contributed by atoms with Crippen LogP contribution in [-0.2, 0) is 30.3 Å². The fourth-order valence-corrected chi connectivity index (χ4v) is 5.18. The molecule has 15 heteroatoms. The maximum Gasteiger partial charge on any atom is 0.425 e. The Morgan fingerprint density at radius 2 is 1.40 bits per heavy atom. The maximum atomic E-state index is 13.1. The highest BCUT2D eigenvalue weighted by Gasteiger charge is 2.34. The van der Waals surface area contributed by atoms with Crippen molar-refractivity contribution in [1.29, 1.82) is 0 Å². The van der Waals surface area contributed by atoms with Crippen molar-refractivity contribution in [3.05, 3.63) is 82.4 Å². The van der Waals surface area contributed by atoms with Gasteiger partial charge in [-0.05, 0) is 69.9 Å². The lowest BCUT2D eigenvalue weighted by Gasteiger charge is -2.28. The van der Waals surface area contributed by atoms with Crippen molar-refractivity contribution in [3.63, 3.8) is 0 Å². The molecule has 0 unspecified atom stereocenters. The van der Waals surface area contributed by atoms with Gasteiger partial charge in [0.05, 0.1) is 0 Å². The minimum Gasteiger partial charge on any atom is -0.480 e. The Bertz CT molecular complexity index is 1750. The van der Waals surface area contributed by atoms with Crippen LogP contribution in [0.2, 0.25) is 0 Å². The van der Waals surface area contributed by atoms with Crippen molar-refractivity contribution in [1.82, 2.24) is 19.8 Å². The Morgan fingerprint density at radius 3 is 1.90 bits per heavy atom. The number of ether oxygens (including phenoxy) is 3. The van der Waals surface area contributed by atoms with E-state index >= 15 is 0 Å². The summed E-state index contributed by atoms with van der Waals surface area (Å²) in [6.45, 7) is 7.93. The Kier molecular flexibility index (Phi) is 11.3. The molecule has 15 nitrogen and oxygen atoms in total. The third-order valence-corrected chi connectivity index (χ3v) is 7.22. The molecule has 0 radical (unpaired) electrons. The second-order valence-electron chi connectivity index (χ2n) is 13.5. The number of hydrogen-bond donors (Lipinski definition) is 2. The molecule has 4 amide bonds. The molecule has 2 aromatic carbocycles. The number of carboxylic acids is 1. The van der Waals surface area contributed by atoms with Gasteiger partial charge in [0.1, 0.15) is 30.9 Å². The number of carboxylic acid groups (broad SMARTS) is 1. The van der Waals surface area contributed by atoms with Crippen LogP contribution in [0.15, 0.2) is 65.6 Å². The first-order valence-corrected chi connectivity index (χ1v) is 15.9. The second-order valence-corrected chi connectivity index (χ2v) is 13.5. The van der Waals surface area contributed by atoms with Crippen LogP contribution in [0.3, 0.4) is 0 Å². The van der Waals surface area contributed by atoms with E-state index in [1.165, 1.54) is 0 Å². The first kappa shape index (κ1) is 37.1. The molecule has 1 aromatic heterocycles. The second kappa shape index (κ2) is 15.2. The van der Waals surface area contributed by atoms with Crippen LogP contribution >= 0.6 is 0 Å². The van der Waals surface area contributed by atoms with E-state index in [0.717, 1.165) is 44.0 Å². The maximum absolute atomic E-state index is 13.1. The number of carbonyl (C=O) groups excluding carboxylic acids is 4. The van der Waals surface area contributed by atoms with Gasteiger partial charge in [-0.3, -0.25) is 14.2 Å². The average molecular weight is 692 g/mol. The summed E-state index contributed by atoms with van der Waals surface area (Å²) in [6, 6.07) is 16.9. The Hall–Kier alpha value is -5.73.